The van der Waals surface area contributed by atoms with Crippen molar-refractivity contribution in [3.8, 4) is 0 Å². The summed E-state index contributed by atoms with van der Waals surface area (Å²) in [6.07, 6.45) is 7.63. The Bertz CT molecular complexity index is 128. The summed E-state index contributed by atoms with van der Waals surface area (Å²) in [5, 5.41) is 3.82. The van der Waals surface area contributed by atoms with Gasteiger partial charge in [-0.05, 0) is 25.3 Å². The molecule has 0 aliphatic rings. The van der Waals surface area contributed by atoms with Crippen LogP contribution < -0.4 is 5.32 Å². The number of hydrogen-bond donors (Lipinski definition) is 1. The summed E-state index contributed by atoms with van der Waals surface area (Å²) in [5.74, 6) is 0.843. The molecule has 0 aliphatic carbocycles. The Labute approximate surface area is 101 Å². The van der Waals surface area contributed by atoms with Crippen LogP contribution in [0.3, 0.4) is 0 Å². The average molecular weight is 234 g/mol. The van der Waals surface area contributed by atoms with Gasteiger partial charge in [0.25, 0.3) is 0 Å². The van der Waals surface area contributed by atoms with Crippen LogP contribution in [0.2, 0.25) is 0 Å². The zero-order chi connectivity index (χ0) is 11.5. The van der Waals surface area contributed by atoms with Crippen molar-refractivity contribution in [3.05, 3.63) is 0 Å². The number of hydrogen-bond acceptors (Lipinski definition) is 1. The molecule has 0 aliphatic heterocycles. The van der Waals surface area contributed by atoms with Crippen LogP contribution in [0.15, 0.2) is 0 Å². The Balaban J connectivity index is 3.44. The van der Waals surface area contributed by atoms with Gasteiger partial charge in [-0.2, -0.15) is 0 Å². The summed E-state index contributed by atoms with van der Waals surface area (Å²) in [7, 11) is 0. The van der Waals surface area contributed by atoms with Crippen LogP contribution in [0.5, 0.6) is 0 Å². The van der Waals surface area contributed by atoms with E-state index in [9.17, 15) is 0 Å². The van der Waals surface area contributed by atoms with Crippen LogP contribution >= 0.6 is 11.6 Å². The molecule has 2 atom stereocenters. The van der Waals surface area contributed by atoms with Gasteiger partial charge in [0.1, 0.15) is 0 Å². The Morgan fingerprint density at radius 1 is 1.00 bits per heavy atom. The smallest absolute Gasteiger partial charge is 0.0460 e. The van der Waals surface area contributed by atoms with Gasteiger partial charge in [-0.15, -0.1) is 11.6 Å². The first-order valence-electron chi connectivity index (χ1n) is 6.59. The monoisotopic (exact) mass is 233 g/mol. The normalized spacial score (nSPS) is 15.2. The number of rotatable bonds is 10. The molecule has 0 radical (unpaired) electrons. The van der Waals surface area contributed by atoms with Crippen LogP contribution in [-0.2, 0) is 0 Å². The van der Waals surface area contributed by atoms with Gasteiger partial charge in [0.2, 0.25) is 0 Å². The second kappa shape index (κ2) is 10.8. The molecular formula is C13H28ClN. The van der Waals surface area contributed by atoms with Crippen LogP contribution in [0, 0.1) is 5.92 Å². The Morgan fingerprint density at radius 3 is 2.27 bits per heavy atom. The first-order valence-corrected chi connectivity index (χ1v) is 7.02. The SMILES string of the molecule is CCCCC(CC)CNCC(Cl)CCC. The molecule has 1 nitrogen and oxygen atoms in total. The van der Waals surface area contributed by atoms with Crippen LogP contribution in [0.25, 0.3) is 0 Å². The number of halogens is 1. The zero-order valence-corrected chi connectivity index (χ0v) is 11.4. The summed E-state index contributed by atoms with van der Waals surface area (Å²) in [6, 6.07) is 0. The van der Waals surface area contributed by atoms with Gasteiger partial charge in [-0.1, -0.05) is 46.5 Å². The third-order valence-electron chi connectivity index (χ3n) is 2.94. The lowest BCUT2D eigenvalue weighted by molar-refractivity contribution is 0.418. The molecule has 0 aromatic carbocycles. The summed E-state index contributed by atoms with van der Waals surface area (Å²) in [6.45, 7) is 8.84. The fraction of sp³-hybridized carbons (Fsp3) is 1.00. The molecule has 15 heavy (non-hydrogen) atoms. The predicted molar refractivity (Wildman–Crippen MR) is 70.7 cm³/mol. The number of unbranched alkanes of at least 4 members (excludes halogenated alkanes) is 1. The van der Waals surface area contributed by atoms with Gasteiger partial charge in [-0.25, -0.2) is 0 Å². The fourth-order valence-electron chi connectivity index (χ4n) is 1.80. The van der Waals surface area contributed by atoms with E-state index >= 15 is 0 Å². The van der Waals surface area contributed by atoms with Crippen LogP contribution in [0.1, 0.15) is 59.3 Å². The Hall–Kier alpha value is 0.250. The molecule has 0 amide bonds. The van der Waals surface area contributed by atoms with E-state index in [2.05, 4.69) is 26.1 Å². The average Bonchev–Trinajstić information content (AvgIpc) is 2.23. The maximum atomic E-state index is 6.15. The lowest BCUT2D eigenvalue weighted by atomic mass is 9.99. The number of nitrogens with one attached hydrogen (secondary N) is 1. The van der Waals surface area contributed by atoms with Crippen molar-refractivity contribution in [3.63, 3.8) is 0 Å². The van der Waals surface area contributed by atoms with E-state index in [1.165, 1.54) is 32.1 Å². The third kappa shape index (κ3) is 9.19. The molecule has 0 bridgehead atoms. The minimum Gasteiger partial charge on any atom is -0.315 e. The third-order valence-corrected chi connectivity index (χ3v) is 3.32. The van der Waals surface area contributed by atoms with Gasteiger partial charge < -0.3 is 5.32 Å². The molecule has 0 spiro atoms. The maximum absolute atomic E-state index is 6.15. The number of alkyl halides is 1. The molecule has 92 valence electrons. The summed E-state index contributed by atoms with van der Waals surface area (Å²) < 4.78 is 0. The van der Waals surface area contributed by atoms with Gasteiger partial charge in [0.15, 0.2) is 0 Å². The van der Waals surface area contributed by atoms with E-state index < -0.39 is 0 Å². The standard InChI is InChI=1S/C13H28ClN/c1-4-7-9-12(6-3)10-15-11-13(14)8-5-2/h12-13,15H,4-11H2,1-3H3. The minimum absolute atomic E-state index is 0.318. The van der Waals surface area contributed by atoms with Crippen LogP contribution in [-0.4, -0.2) is 18.5 Å². The molecule has 0 rings (SSSR count). The van der Waals surface area contributed by atoms with E-state index in [1.54, 1.807) is 0 Å². The van der Waals surface area contributed by atoms with Crippen LogP contribution in [0.4, 0.5) is 0 Å². The van der Waals surface area contributed by atoms with Gasteiger partial charge in [-0.3, -0.25) is 0 Å². The van der Waals surface area contributed by atoms with E-state index in [0.29, 0.717) is 5.38 Å². The van der Waals surface area contributed by atoms with Crippen molar-refractivity contribution in [1.82, 2.24) is 5.32 Å². The first-order chi connectivity index (χ1) is 7.24. The second-order valence-corrected chi connectivity index (χ2v) is 5.08. The quantitative estimate of drug-likeness (QED) is 0.558. The molecule has 0 heterocycles. The molecule has 0 saturated heterocycles. The van der Waals surface area contributed by atoms with E-state index in [-0.39, 0.29) is 0 Å². The zero-order valence-electron chi connectivity index (χ0n) is 10.7. The highest BCUT2D eigenvalue weighted by molar-refractivity contribution is 6.20. The van der Waals surface area contributed by atoms with Crippen molar-refractivity contribution >= 4 is 11.6 Å². The minimum atomic E-state index is 0.318. The van der Waals surface area contributed by atoms with Gasteiger partial charge in [0.05, 0.1) is 0 Å². The van der Waals surface area contributed by atoms with Gasteiger partial charge in [0, 0.05) is 11.9 Å². The van der Waals surface area contributed by atoms with E-state index in [1.807, 2.05) is 0 Å². The lowest BCUT2D eigenvalue weighted by Gasteiger charge is -2.16. The summed E-state index contributed by atoms with van der Waals surface area (Å²) >= 11 is 6.15. The molecule has 0 aromatic rings. The molecular weight excluding hydrogens is 206 g/mol. The lowest BCUT2D eigenvalue weighted by Crippen LogP contribution is -2.28. The summed E-state index contributed by atoms with van der Waals surface area (Å²) in [5.41, 5.74) is 0. The highest BCUT2D eigenvalue weighted by atomic mass is 35.5. The van der Waals surface area contributed by atoms with E-state index in [0.717, 1.165) is 25.4 Å². The summed E-state index contributed by atoms with van der Waals surface area (Å²) in [4.78, 5) is 0. The van der Waals surface area contributed by atoms with E-state index in [4.69, 9.17) is 11.6 Å². The van der Waals surface area contributed by atoms with Crippen molar-refractivity contribution in [2.24, 2.45) is 5.92 Å². The molecule has 0 saturated carbocycles. The van der Waals surface area contributed by atoms with Crippen molar-refractivity contribution in [1.29, 1.82) is 0 Å². The Kier molecular flexibility index (Phi) is 10.9. The molecule has 0 fully saturated rings. The first kappa shape index (κ1) is 15.2. The van der Waals surface area contributed by atoms with Gasteiger partial charge >= 0.3 is 0 Å². The highest BCUT2D eigenvalue weighted by Crippen LogP contribution is 2.11. The predicted octanol–water partition coefficient (Wildman–Crippen LogP) is 4.20. The topological polar surface area (TPSA) is 12.0 Å². The highest BCUT2D eigenvalue weighted by Gasteiger charge is 2.07. The largest absolute Gasteiger partial charge is 0.315 e. The fourth-order valence-corrected chi connectivity index (χ4v) is 2.13. The second-order valence-electron chi connectivity index (χ2n) is 4.46. The van der Waals surface area contributed by atoms with Crippen molar-refractivity contribution in [2.45, 2.75) is 64.7 Å². The maximum Gasteiger partial charge on any atom is 0.0460 e. The van der Waals surface area contributed by atoms with Crippen molar-refractivity contribution < 1.29 is 0 Å². The molecule has 2 heteroatoms. The Morgan fingerprint density at radius 2 is 1.73 bits per heavy atom. The molecule has 0 aromatic heterocycles. The molecule has 2 unspecified atom stereocenters. The van der Waals surface area contributed by atoms with Crippen molar-refractivity contribution in [2.75, 3.05) is 13.1 Å². The molecule has 1 N–H and O–H groups in total.